The van der Waals surface area contributed by atoms with E-state index in [0.29, 0.717) is 26.3 Å². The maximum absolute atomic E-state index is 12.5. The van der Waals surface area contributed by atoms with E-state index < -0.39 is 6.09 Å². The number of carbonyl (C=O) groups is 1. The second-order valence-corrected chi connectivity index (χ2v) is 10.9. The molecule has 3 aliphatic rings. The van der Waals surface area contributed by atoms with E-state index in [1.807, 2.05) is 12.1 Å². The van der Waals surface area contributed by atoms with Crippen LogP contribution in [-0.4, -0.2) is 66.5 Å². The lowest BCUT2D eigenvalue weighted by Crippen LogP contribution is -2.56. The Morgan fingerprint density at radius 1 is 1.03 bits per heavy atom. The summed E-state index contributed by atoms with van der Waals surface area (Å²) in [5, 5.41) is 12.5. The van der Waals surface area contributed by atoms with Gasteiger partial charge in [-0.3, -0.25) is 4.79 Å². The van der Waals surface area contributed by atoms with Crippen molar-refractivity contribution in [3.05, 3.63) is 58.9 Å². The molecule has 0 aliphatic carbocycles. The molecule has 1 aromatic heterocycles. The number of pyridine rings is 1. The van der Waals surface area contributed by atoms with Crippen LogP contribution in [0.1, 0.15) is 0 Å². The molecule has 3 aliphatic heterocycles. The van der Waals surface area contributed by atoms with Gasteiger partial charge in [0.25, 0.3) is 0 Å². The Kier molecular flexibility index (Phi) is 5.87. The van der Waals surface area contributed by atoms with Crippen LogP contribution in [-0.2, 0) is 4.74 Å². The van der Waals surface area contributed by atoms with E-state index >= 15 is 0 Å². The number of likely N-dealkylation sites (tertiary alicyclic amines) is 1. The number of aromatic nitrogens is 1. The van der Waals surface area contributed by atoms with Crippen molar-refractivity contribution in [1.29, 1.82) is 0 Å². The molecule has 0 atom stereocenters. The molecule has 3 N–H and O–H groups in total. The Hall–Kier alpha value is -3.08. The number of nitrogens with zero attached hydrogens (tertiary/aromatic N) is 2. The van der Waals surface area contributed by atoms with Crippen molar-refractivity contribution in [3.8, 4) is 11.3 Å². The van der Waals surface area contributed by atoms with Gasteiger partial charge < -0.3 is 29.9 Å². The van der Waals surface area contributed by atoms with E-state index in [0.717, 1.165) is 55.3 Å². The third kappa shape index (κ3) is 4.49. The Balaban J connectivity index is 1.26. The zero-order chi connectivity index (χ0) is 23.9. The SMILES string of the molecule is O=C(O)N1CC(Nc2ccc3c(c2)Sc2cccc(-c4cc(N5CCOCC5)cc(=O)[nH]4)c2S3)C1. The minimum absolute atomic E-state index is 0.108. The third-order valence-corrected chi connectivity index (χ3v) is 8.97. The van der Waals surface area contributed by atoms with Gasteiger partial charge in [0, 0.05) is 68.8 Å². The number of H-pyrrole nitrogens is 1. The van der Waals surface area contributed by atoms with Gasteiger partial charge in [0.05, 0.1) is 24.9 Å². The largest absolute Gasteiger partial charge is 0.465 e. The molecule has 6 rings (SSSR count). The van der Waals surface area contributed by atoms with E-state index in [-0.39, 0.29) is 11.6 Å². The average molecular weight is 509 g/mol. The van der Waals surface area contributed by atoms with E-state index in [4.69, 9.17) is 9.84 Å². The smallest absolute Gasteiger partial charge is 0.407 e. The van der Waals surface area contributed by atoms with E-state index in [2.05, 4.69) is 45.5 Å². The highest BCUT2D eigenvalue weighted by Crippen LogP contribution is 2.52. The lowest BCUT2D eigenvalue weighted by atomic mass is 10.1. The normalized spacial score (nSPS) is 17.4. The first-order valence-electron chi connectivity index (χ1n) is 11.5. The number of fused-ring (bicyclic) bond motifs is 2. The highest BCUT2D eigenvalue weighted by molar-refractivity contribution is 8.05. The number of aromatic amines is 1. The number of anilines is 2. The van der Waals surface area contributed by atoms with Gasteiger partial charge in [-0.2, -0.15) is 0 Å². The van der Waals surface area contributed by atoms with Gasteiger partial charge in [-0.1, -0.05) is 35.7 Å². The van der Waals surface area contributed by atoms with Gasteiger partial charge in [0.1, 0.15) is 0 Å². The fourth-order valence-corrected chi connectivity index (χ4v) is 6.96. The molecular formula is C25H24N4O4S2. The number of rotatable bonds is 4. The molecule has 35 heavy (non-hydrogen) atoms. The molecule has 0 radical (unpaired) electrons. The van der Waals surface area contributed by atoms with Crippen LogP contribution in [0, 0.1) is 0 Å². The summed E-state index contributed by atoms with van der Waals surface area (Å²) in [5.74, 6) is 0. The van der Waals surface area contributed by atoms with Gasteiger partial charge in [0.15, 0.2) is 0 Å². The maximum atomic E-state index is 12.5. The summed E-state index contributed by atoms with van der Waals surface area (Å²) in [5.41, 5.74) is 3.64. The van der Waals surface area contributed by atoms with E-state index in [1.165, 1.54) is 4.90 Å². The fourth-order valence-electron chi connectivity index (χ4n) is 4.54. The quantitative estimate of drug-likeness (QED) is 0.376. The number of morpholine rings is 1. The maximum Gasteiger partial charge on any atom is 0.407 e. The number of ether oxygens (including phenoxy) is 1. The molecular weight excluding hydrogens is 484 g/mol. The summed E-state index contributed by atoms with van der Waals surface area (Å²) in [6, 6.07) is 16.4. The number of hydrogen-bond acceptors (Lipinski definition) is 7. The van der Waals surface area contributed by atoms with Crippen molar-refractivity contribution in [2.75, 3.05) is 49.6 Å². The topological polar surface area (TPSA) is 97.9 Å². The molecule has 10 heteroatoms. The van der Waals surface area contributed by atoms with E-state index in [9.17, 15) is 9.59 Å². The minimum atomic E-state index is -0.871. The van der Waals surface area contributed by atoms with Crippen molar-refractivity contribution < 1.29 is 14.6 Å². The Morgan fingerprint density at radius 3 is 2.66 bits per heavy atom. The Morgan fingerprint density at radius 2 is 1.86 bits per heavy atom. The molecule has 0 spiro atoms. The van der Waals surface area contributed by atoms with Crippen molar-refractivity contribution in [3.63, 3.8) is 0 Å². The van der Waals surface area contributed by atoms with Crippen LogP contribution in [0.4, 0.5) is 16.2 Å². The van der Waals surface area contributed by atoms with Gasteiger partial charge in [-0.05, 0) is 30.3 Å². The van der Waals surface area contributed by atoms with Gasteiger partial charge in [0.2, 0.25) is 5.56 Å². The molecule has 4 heterocycles. The van der Waals surface area contributed by atoms with Crippen LogP contribution in [0.2, 0.25) is 0 Å². The van der Waals surface area contributed by atoms with Crippen LogP contribution in [0.5, 0.6) is 0 Å². The fraction of sp³-hybridized carbons (Fsp3) is 0.280. The lowest BCUT2D eigenvalue weighted by molar-refractivity contribution is 0.111. The molecule has 8 nitrogen and oxygen atoms in total. The van der Waals surface area contributed by atoms with Crippen molar-refractivity contribution >= 4 is 41.0 Å². The molecule has 2 saturated heterocycles. The molecule has 3 aromatic rings. The highest BCUT2D eigenvalue weighted by Gasteiger charge is 2.30. The number of carboxylic acid groups (broad SMARTS) is 1. The summed E-state index contributed by atoms with van der Waals surface area (Å²) >= 11 is 3.43. The summed E-state index contributed by atoms with van der Waals surface area (Å²) in [4.78, 5) is 34.8. The summed E-state index contributed by atoms with van der Waals surface area (Å²) in [6.07, 6.45) is -0.871. The molecule has 2 aromatic carbocycles. The molecule has 1 amide bonds. The Bertz CT molecular complexity index is 1350. The van der Waals surface area contributed by atoms with Crippen LogP contribution < -0.4 is 15.8 Å². The van der Waals surface area contributed by atoms with Gasteiger partial charge >= 0.3 is 6.09 Å². The minimum Gasteiger partial charge on any atom is -0.465 e. The van der Waals surface area contributed by atoms with Gasteiger partial charge in [-0.25, -0.2) is 4.79 Å². The van der Waals surface area contributed by atoms with Crippen LogP contribution >= 0.6 is 23.5 Å². The van der Waals surface area contributed by atoms with Crippen molar-refractivity contribution in [2.45, 2.75) is 25.6 Å². The van der Waals surface area contributed by atoms with Crippen molar-refractivity contribution in [1.82, 2.24) is 9.88 Å². The number of nitrogens with one attached hydrogen (secondary N) is 2. The molecule has 0 saturated carbocycles. The predicted molar refractivity (Wildman–Crippen MR) is 137 cm³/mol. The third-order valence-electron chi connectivity index (χ3n) is 6.37. The molecule has 0 bridgehead atoms. The first kappa shape index (κ1) is 22.4. The number of hydrogen-bond donors (Lipinski definition) is 3. The lowest BCUT2D eigenvalue weighted by Gasteiger charge is -2.38. The number of amides is 1. The zero-order valence-corrected chi connectivity index (χ0v) is 20.5. The summed E-state index contributed by atoms with van der Waals surface area (Å²) in [7, 11) is 0. The molecule has 180 valence electrons. The predicted octanol–water partition coefficient (Wildman–Crippen LogP) is 4.27. The van der Waals surface area contributed by atoms with Gasteiger partial charge in [-0.15, -0.1) is 0 Å². The van der Waals surface area contributed by atoms with Crippen molar-refractivity contribution in [2.24, 2.45) is 0 Å². The van der Waals surface area contributed by atoms with E-state index in [1.54, 1.807) is 29.6 Å². The first-order valence-corrected chi connectivity index (χ1v) is 13.1. The zero-order valence-electron chi connectivity index (χ0n) is 18.8. The van der Waals surface area contributed by atoms with Crippen LogP contribution in [0.15, 0.2) is 72.9 Å². The average Bonchev–Trinajstić information content (AvgIpc) is 2.84. The standard InChI is InChI=1S/C25H24N4O4S2/c30-23-12-17(28-6-8-33-9-7-28)11-19(27-23)18-2-1-3-21-24(18)35-20-5-4-15(10-22(20)34-21)26-16-13-29(14-16)25(31)32/h1-5,10-12,16,26H,6-9,13-14H2,(H,27,30)(H,31,32). The monoisotopic (exact) mass is 508 g/mol. The molecule has 2 fully saturated rings. The number of benzene rings is 2. The first-order chi connectivity index (χ1) is 17.0. The second-order valence-electron chi connectivity index (χ2n) is 8.74. The van der Waals surface area contributed by atoms with Crippen LogP contribution in [0.25, 0.3) is 11.3 Å². The second kappa shape index (κ2) is 9.18. The summed E-state index contributed by atoms with van der Waals surface area (Å²) in [6.45, 7) is 3.90. The Labute approximate surface area is 210 Å². The molecule has 0 unspecified atom stereocenters. The highest BCUT2D eigenvalue weighted by atomic mass is 32.2. The van der Waals surface area contributed by atoms with Crippen LogP contribution in [0.3, 0.4) is 0 Å². The summed E-state index contributed by atoms with van der Waals surface area (Å²) < 4.78 is 5.46.